The van der Waals surface area contributed by atoms with Crippen LogP contribution in [0.2, 0.25) is 0 Å². The molecule has 2 rings (SSSR count). The minimum atomic E-state index is -3.44. The lowest BCUT2D eigenvalue weighted by molar-refractivity contribution is 0.467. The van der Waals surface area contributed by atoms with Gasteiger partial charge in [0.2, 0.25) is 0 Å². The molecule has 1 aromatic heterocycles. The van der Waals surface area contributed by atoms with E-state index >= 15 is 0 Å². The van der Waals surface area contributed by atoms with Crippen LogP contribution in [0.1, 0.15) is 16.0 Å². The van der Waals surface area contributed by atoms with E-state index in [4.69, 9.17) is 11.6 Å². The summed E-state index contributed by atoms with van der Waals surface area (Å²) in [6.07, 6.45) is 0.698. The summed E-state index contributed by atoms with van der Waals surface area (Å²) >= 11 is 6.99. The van der Waals surface area contributed by atoms with E-state index in [9.17, 15) is 8.42 Å². The van der Waals surface area contributed by atoms with E-state index in [-0.39, 0.29) is 0 Å². The molecule has 0 aliphatic rings. The third-order valence-corrected chi connectivity index (χ3v) is 6.90. The molecule has 0 spiro atoms. The van der Waals surface area contributed by atoms with E-state index in [0.29, 0.717) is 23.1 Å². The lowest BCUT2D eigenvalue weighted by atomic mass is 10.1. The van der Waals surface area contributed by atoms with Crippen LogP contribution >= 0.6 is 22.9 Å². The van der Waals surface area contributed by atoms with Gasteiger partial charge < -0.3 is 0 Å². The first-order valence-corrected chi connectivity index (χ1v) is 9.40. The molecule has 6 heteroatoms. The van der Waals surface area contributed by atoms with Gasteiger partial charge in [0.25, 0.3) is 10.0 Å². The van der Waals surface area contributed by atoms with Gasteiger partial charge in [0.15, 0.2) is 0 Å². The molecule has 0 aliphatic heterocycles. The van der Waals surface area contributed by atoms with Crippen molar-refractivity contribution in [3.05, 3.63) is 52.4 Å². The number of thiophene rings is 1. The largest absolute Gasteiger partial charge is 0.252 e. The Labute approximate surface area is 135 Å². The topological polar surface area (TPSA) is 37.4 Å². The molecule has 3 nitrogen and oxygen atoms in total. The van der Waals surface area contributed by atoms with E-state index in [1.165, 1.54) is 15.6 Å². The first-order valence-electron chi connectivity index (χ1n) is 6.60. The number of halogens is 1. The van der Waals surface area contributed by atoms with Gasteiger partial charge in [-0.2, -0.15) is 4.31 Å². The maximum absolute atomic E-state index is 12.6. The summed E-state index contributed by atoms with van der Waals surface area (Å²) in [4.78, 5) is 0.993. The molecular formula is C15H18ClNO2S2. The smallest absolute Gasteiger partial charge is 0.206 e. The van der Waals surface area contributed by atoms with Gasteiger partial charge in [0.1, 0.15) is 4.21 Å². The summed E-state index contributed by atoms with van der Waals surface area (Å²) in [5.74, 6) is 0.499. The molecule has 114 valence electrons. The van der Waals surface area contributed by atoms with Gasteiger partial charge in [-0.1, -0.05) is 24.3 Å². The third-order valence-electron chi connectivity index (χ3n) is 3.30. The monoisotopic (exact) mass is 343 g/mol. The summed E-state index contributed by atoms with van der Waals surface area (Å²) in [7, 11) is -1.83. The Morgan fingerprint density at radius 3 is 2.57 bits per heavy atom. The number of rotatable bonds is 6. The zero-order chi connectivity index (χ0) is 15.5. The molecule has 0 unspecified atom stereocenters. The maximum Gasteiger partial charge on any atom is 0.252 e. The molecule has 0 N–H and O–H groups in total. The first kappa shape index (κ1) is 16.5. The van der Waals surface area contributed by atoms with Crippen LogP contribution in [0.4, 0.5) is 0 Å². The first-order chi connectivity index (χ1) is 9.95. The molecule has 1 heterocycles. The second kappa shape index (κ2) is 6.92. The van der Waals surface area contributed by atoms with Crippen LogP contribution in [0.25, 0.3) is 0 Å². The fourth-order valence-corrected chi connectivity index (χ4v) is 5.02. The summed E-state index contributed by atoms with van der Waals surface area (Å²) in [5, 5.41) is 0. The van der Waals surface area contributed by atoms with E-state index in [1.54, 1.807) is 13.1 Å². The minimum absolute atomic E-state index is 0.373. The average Bonchev–Trinajstić information content (AvgIpc) is 2.91. The SMILES string of the molecule is Cc1ccccc1CN(C)S(=O)(=O)c1ccc(CCCl)s1. The van der Waals surface area contributed by atoms with Crippen LogP contribution in [0.5, 0.6) is 0 Å². The Morgan fingerprint density at radius 2 is 1.90 bits per heavy atom. The maximum atomic E-state index is 12.6. The molecule has 0 aliphatic carbocycles. The number of sulfonamides is 1. The highest BCUT2D eigenvalue weighted by Gasteiger charge is 2.23. The molecule has 0 saturated heterocycles. The van der Waals surface area contributed by atoms with Crippen LogP contribution in [0.3, 0.4) is 0 Å². The lowest BCUT2D eigenvalue weighted by Gasteiger charge is -2.17. The van der Waals surface area contributed by atoms with Crippen molar-refractivity contribution >= 4 is 33.0 Å². The van der Waals surface area contributed by atoms with Crippen molar-refractivity contribution in [2.45, 2.75) is 24.1 Å². The number of hydrogen-bond donors (Lipinski definition) is 0. The number of benzene rings is 1. The molecule has 1 aromatic carbocycles. The van der Waals surface area contributed by atoms with Crippen molar-refractivity contribution in [3.8, 4) is 0 Å². The van der Waals surface area contributed by atoms with E-state index in [0.717, 1.165) is 16.0 Å². The Bertz CT molecular complexity index is 710. The predicted octanol–water partition coefficient (Wildman–Crippen LogP) is 3.66. The molecule has 0 radical (unpaired) electrons. The van der Waals surface area contributed by atoms with Crippen molar-refractivity contribution in [3.63, 3.8) is 0 Å². The molecule has 0 atom stereocenters. The van der Waals surface area contributed by atoms with Crippen molar-refractivity contribution < 1.29 is 8.42 Å². The van der Waals surface area contributed by atoms with Gasteiger partial charge in [0, 0.05) is 24.3 Å². The normalized spacial score (nSPS) is 12.0. The van der Waals surface area contributed by atoms with Crippen LogP contribution in [-0.2, 0) is 23.0 Å². The minimum Gasteiger partial charge on any atom is -0.206 e. The average molecular weight is 344 g/mol. The van der Waals surface area contributed by atoms with E-state index in [1.807, 2.05) is 37.3 Å². The number of hydrogen-bond acceptors (Lipinski definition) is 3. The summed E-state index contributed by atoms with van der Waals surface area (Å²) < 4.78 is 26.9. The molecule has 2 aromatic rings. The second-order valence-electron chi connectivity index (χ2n) is 4.85. The van der Waals surface area contributed by atoms with Gasteiger partial charge >= 0.3 is 0 Å². The van der Waals surface area contributed by atoms with Gasteiger partial charge in [0.05, 0.1) is 0 Å². The van der Waals surface area contributed by atoms with E-state index in [2.05, 4.69) is 0 Å². The van der Waals surface area contributed by atoms with Crippen molar-refractivity contribution in [2.24, 2.45) is 0 Å². The Hall–Kier alpha value is -0.880. The molecule has 0 saturated carbocycles. The van der Waals surface area contributed by atoms with Crippen LogP contribution in [0, 0.1) is 6.92 Å². The number of alkyl halides is 1. The summed E-state index contributed by atoms with van der Waals surface area (Å²) in [5.41, 5.74) is 2.11. The molecule has 0 bridgehead atoms. The van der Waals surface area contributed by atoms with Gasteiger partial charge in [-0.15, -0.1) is 22.9 Å². The highest BCUT2D eigenvalue weighted by molar-refractivity contribution is 7.91. The Morgan fingerprint density at radius 1 is 1.19 bits per heavy atom. The predicted molar refractivity (Wildman–Crippen MR) is 88.6 cm³/mol. The highest BCUT2D eigenvalue weighted by Crippen LogP contribution is 2.26. The summed E-state index contributed by atoms with van der Waals surface area (Å²) in [6.45, 7) is 2.36. The Balaban J connectivity index is 2.20. The third kappa shape index (κ3) is 3.86. The number of nitrogens with zero attached hydrogens (tertiary/aromatic N) is 1. The quantitative estimate of drug-likeness (QED) is 0.751. The second-order valence-corrected chi connectivity index (χ2v) is 8.67. The van der Waals surface area contributed by atoms with E-state index < -0.39 is 10.0 Å². The molecule has 0 fully saturated rings. The standard InChI is InChI=1S/C15H18ClNO2S2/c1-12-5-3-4-6-13(12)11-17(2)21(18,19)15-8-7-14(20-15)9-10-16/h3-8H,9-11H2,1-2H3. The Kier molecular flexibility index (Phi) is 5.43. The molecule has 21 heavy (non-hydrogen) atoms. The van der Waals surface area contributed by atoms with Crippen molar-refractivity contribution in [1.82, 2.24) is 4.31 Å². The molecular weight excluding hydrogens is 326 g/mol. The zero-order valence-corrected chi connectivity index (χ0v) is 14.4. The van der Waals surface area contributed by atoms with Crippen LogP contribution in [-0.4, -0.2) is 25.7 Å². The van der Waals surface area contributed by atoms with Gasteiger partial charge in [-0.3, -0.25) is 0 Å². The summed E-state index contributed by atoms with van der Waals surface area (Å²) in [6, 6.07) is 11.3. The van der Waals surface area contributed by atoms with Crippen molar-refractivity contribution in [1.29, 1.82) is 0 Å². The van der Waals surface area contributed by atoms with Gasteiger partial charge in [-0.25, -0.2) is 8.42 Å². The van der Waals surface area contributed by atoms with Crippen molar-refractivity contribution in [2.75, 3.05) is 12.9 Å². The lowest BCUT2D eigenvalue weighted by Crippen LogP contribution is -2.26. The van der Waals surface area contributed by atoms with Crippen LogP contribution in [0.15, 0.2) is 40.6 Å². The van der Waals surface area contributed by atoms with Crippen LogP contribution < -0.4 is 0 Å². The molecule has 0 amide bonds. The highest BCUT2D eigenvalue weighted by atomic mass is 35.5. The fraction of sp³-hybridized carbons (Fsp3) is 0.333. The van der Waals surface area contributed by atoms with Gasteiger partial charge in [-0.05, 0) is 36.6 Å². The zero-order valence-electron chi connectivity index (χ0n) is 12.0. The fourth-order valence-electron chi connectivity index (χ4n) is 1.99. The number of aryl methyl sites for hydroxylation is 2.